The van der Waals surface area contributed by atoms with Gasteiger partial charge in [0.1, 0.15) is 5.75 Å². The molecule has 152 valence electrons. The summed E-state index contributed by atoms with van der Waals surface area (Å²) in [4.78, 5) is 12.6. The molecule has 0 fully saturated rings. The minimum atomic E-state index is -0.501. The highest BCUT2D eigenvalue weighted by Gasteiger charge is 2.21. The first-order chi connectivity index (χ1) is 13.9. The Kier molecular flexibility index (Phi) is 7.23. The molecule has 1 atom stereocenters. The Hall–Kier alpha value is -2.00. The number of rotatable bonds is 7. The summed E-state index contributed by atoms with van der Waals surface area (Å²) >= 11 is 19.4. The van der Waals surface area contributed by atoms with E-state index in [1.54, 1.807) is 18.7 Å². The molecule has 1 aromatic heterocycles. The maximum Gasteiger partial charge on any atom is 0.237 e. The third-order valence-corrected chi connectivity index (χ3v) is 5.78. The molecule has 1 heterocycles. The third-order valence-electron chi connectivity index (χ3n) is 3.90. The Morgan fingerprint density at radius 2 is 1.86 bits per heavy atom. The molecule has 1 amide bonds. The molecule has 0 bridgehead atoms. The van der Waals surface area contributed by atoms with Gasteiger partial charge >= 0.3 is 0 Å². The highest BCUT2D eigenvalue weighted by Crippen LogP contribution is 2.34. The average molecular weight is 473 g/mol. The number of carbonyl (C=O) groups excluding carboxylic acids is 1. The number of carbonyl (C=O) groups is 1. The number of methoxy groups -OCH3 is 1. The van der Waals surface area contributed by atoms with Gasteiger partial charge in [0.05, 0.1) is 34.6 Å². The molecule has 0 aliphatic carbocycles. The minimum Gasteiger partial charge on any atom is -0.497 e. The van der Waals surface area contributed by atoms with Crippen molar-refractivity contribution in [3.63, 3.8) is 0 Å². The van der Waals surface area contributed by atoms with Crippen LogP contribution >= 0.6 is 46.6 Å². The van der Waals surface area contributed by atoms with E-state index in [-0.39, 0.29) is 16.0 Å². The Balaban J connectivity index is 1.67. The van der Waals surface area contributed by atoms with E-state index in [1.807, 2.05) is 24.3 Å². The highest BCUT2D eigenvalue weighted by atomic mass is 35.5. The summed E-state index contributed by atoms with van der Waals surface area (Å²) < 4.78 is 6.78. The van der Waals surface area contributed by atoms with E-state index >= 15 is 0 Å². The zero-order chi connectivity index (χ0) is 21.0. The number of ether oxygens (including phenoxy) is 1. The number of hydrogen-bond acceptors (Lipinski definition) is 6. The molecule has 2 aromatic carbocycles. The lowest BCUT2D eigenvalue weighted by Crippen LogP contribution is -2.23. The number of tetrazole rings is 1. The van der Waals surface area contributed by atoms with E-state index in [2.05, 4.69) is 20.8 Å². The fourth-order valence-electron chi connectivity index (χ4n) is 2.38. The summed E-state index contributed by atoms with van der Waals surface area (Å²) in [5.74, 6) is 0.477. The second-order valence-electron chi connectivity index (χ2n) is 5.96. The Labute approximate surface area is 186 Å². The molecule has 29 heavy (non-hydrogen) atoms. The predicted molar refractivity (Wildman–Crippen MR) is 115 cm³/mol. The molecular formula is C18H16Cl3N5O2S. The van der Waals surface area contributed by atoms with Crippen LogP contribution in [0.2, 0.25) is 15.1 Å². The van der Waals surface area contributed by atoms with Crippen molar-refractivity contribution in [1.82, 2.24) is 20.2 Å². The number of aromatic nitrogens is 4. The van der Waals surface area contributed by atoms with Crippen LogP contribution < -0.4 is 10.1 Å². The van der Waals surface area contributed by atoms with E-state index in [0.717, 1.165) is 11.3 Å². The zero-order valence-corrected chi connectivity index (χ0v) is 18.5. The summed E-state index contributed by atoms with van der Waals surface area (Å²) in [6, 6.07) is 10.6. The number of hydrogen-bond donors (Lipinski definition) is 1. The maximum atomic E-state index is 12.6. The van der Waals surface area contributed by atoms with E-state index < -0.39 is 5.25 Å². The van der Waals surface area contributed by atoms with Crippen LogP contribution in [0.4, 0.5) is 5.69 Å². The number of nitrogens with zero attached hydrogens (tertiary/aromatic N) is 4. The molecule has 1 N–H and O–H groups in total. The standard InChI is InChI=1S/C18H16Cl3N5O2S/c1-10(17(27)22-16-14(20)7-12(19)8-15(16)21)29-18-23-24-25-26(18)9-11-3-5-13(28-2)6-4-11/h3-8,10H,9H2,1-2H3,(H,22,27). The second kappa shape index (κ2) is 9.67. The summed E-state index contributed by atoms with van der Waals surface area (Å²) in [7, 11) is 1.61. The van der Waals surface area contributed by atoms with Crippen molar-refractivity contribution in [3.8, 4) is 5.75 Å². The van der Waals surface area contributed by atoms with E-state index in [9.17, 15) is 4.79 Å². The summed E-state index contributed by atoms with van der Waals surface area (Å²) in [6.45, 7) is 2.20. The van der Waals surface area contributed by atoms with Crippen LogP contribution in [0.1, 0.15) is 12.5 Å². The molecule has 3 rings (SSSR count). The first-order valence-electron chi connectivity index (χ1n) is 8.38. The van der Waals surface area contributed by atoms with Gasteiger partial charge in [-0.3, -0.25) is 4.79 Å². The number of amides is 1. The first kappa shape index (κ1) is 21.7. The summed E-state index contributed by atoms with van der Waals surface area (Å²) in [5, 5.41) is 15.4. The van der Waals surface area contributed by atoms with Gasteiger partial charge in [-0.25, -0.2) is 4.68 Å². The van der Waals surface area contributed by atoms with Crippen LogP contribution in [0.3, 0.4) is 0 Å². The van der Waals surface area contributed by atoms with E-state index in [0.29, 0.717) is 22.4 Å². The molecule has 0 saturated carbocycles. The van der Waals surface area contributed by atoms with Gasteiger partial charge in [-0.05, 0) is 47.2 Å². The van der Waals surface area contributed by atoms with Crippen molar-refractivity contribution < 1.29 is 9.53 Å². The fourth-order valence-corrected chi connectivity index (χ4v) is 4.08. The number of halogens is 3. The third kappa shape index (κ3) is 5.54. The van der Waals surface area contributed by atoms with E-state index in [1.165, 1.54) is 23.9 Å². The number of benzene rings is 2. The number of thioether (sulfide) groups is 1. The van der Waals surface area contributed by atoms with Crippen molar-refractivity contribution in [2.45, 2.75) is 23.9 Å². The SMILES string of the molecule is COc1ccc(Cn2nnnc2SC(C)C(=O)Nc2c(Cl)cc(Cl)cc2Cl)cc1. The molecular weight excluding hydrogens is 457 g/mol. The van der Waals surface area contributed by atoms with Crippen LogP contribution in [-0.2, 0) is 11.3 Å². The molecule has 0 aliphatic heterocycles. The van der Waals surface area contributed by atoms with Crippen molar-refractivity contribution in [2.24, 2.45) is 0 Å². The number of anilines is 1. The Morgan fingerprint density at radius 3 is 2.48 bits per heavy atom. The lowest BCUT2D eigenvalue weighted by molar-refractivity contribution is -0.115. The van der Waals surface area contributed by atoms with Gasteiger partial charge in [-0.15, -0.1) is 5.10 Å². The van der Waals surface area contributed by atoms with E-state index in [4.69, 9.17) is 39.5 Å². The van der Waals surface area contributed by atoms with Crippen molar-refractivity contribution in [1.29, 1.82) is 0 Å². The predicted octanol–water partition coefficient (Wildman–Crippen LogP) is 4.81. The fraction of sp³-hybridized carbons (Fsp3) is 0.222. The van der Waals surface area contributed by atoms with Gasteiger partial charge in [0.15, 0.2) is 0 Å². The monoisotopic (exact) mass is 471 g/mol. The smallest absolute Gasteiger partial charge is 0.237 e. The molecule has 11 heteroatoms. The lowest BCUT2D eigenvalue weighted by atomic mass is 10.2. The second-order valence-corrected chi connectivity index (χ2v) is 8.52. The summed E-state index contributed by atoms with van der Waals surface area (Å²) in [6.07, 6.45) is 0. The zero-order valence-electron chi connectivity index (χ0n) is 15.4. The van der Waals surface area contributed by atoms with Crippen molar-refractivity contribution in [3.05, 3.63) is 57.0 Å². The lowest BCUT2D eigenvalue weighted by Gasteiger charge is -2.14. The topological polar surface area (TPSA) is 81.9 Å². The molecule has 0 radical (unpaired) electrons. The largest absolute Gasteiger partial charge is 0.497 e. The molecule has 0 spiro atoms. The van der Waals surface area contributed by atoms with Crippen LogP contribution in [0.5, 0.6) is 5.75 Å². The van der Waals surface area contributed by atoms with Crippen LogP contribution in [-0.4, -0.2) is 38.5 Å². The van der Waals surface area contributed by atoms with Crippen LogP contribution in [0.25, 0.3) is 0 Å². The minimum absolute atomic E-state index is 0.261. The number of nitrogens with one attached hydrogen (secondary N) is 1. The Bertz CT molecular complexity index is 990. The van der Waals surface area contributed by atoms with Gasteiger partial charge < -0.3 is 10.1 Å². The molecule has 0 aliphatic rings. The van der Waals surface area contributed by atoms with Crippen LogP contribution in [0, 0.1) is 0 Å². The molecule has 3 aromatic rings. The average Bonchev–Trinajstić information content (AvgIpc) is 3.11. The normalized spacial score (nSPS) is 11.9. The quantitative estimate of drug-likeness (QED) is 0.497. The molecule has 1 unspecified atom stereocenters. The van der Waals surface area contributed by atoms with Gasteiger partial charge in [0.25, 0.3) is 0 Å². The van der Waals surface area contributed by atoms with Gasteiger partial charge in [-0.2, -0.15) is 0 Å². The summed E-state index contributed by atoms with van der Waals surface area (Å²) in [5.41, 5.74) is 1.31. The van der Waals surface area contributed by atoms with Crippen molar-refractivity contribution in [2.75, 3.05) is 12.4 Å². The van der Waals surface area contributed by atoms with Crippen molar-refractivity contribution >= 4 is 58.2 Å². The van der Waals surface area contributed by atoms with Crippen LogP contribution in [0.15, 0.2) is 41.6 Å². The first-order valence-corrected chi connectivity index (χ1v) is 10.4. The van der Waals surface area contributed by atoms with Gasteiger partial charge in [0.2, 0.25) is 11.1 Å². The molecule has 7 nitrogen and oxygen atoms in total. The molecule has 0 saturated heterocycles. The van der Waals surface area contributed by atoms with Gasteiger partial charge in [-0.1, -0.05) is 58.7 Å². The highest BCUT2D eigenvalue weighted by molar-refractivity contribution is 8.00. The maximum absolute atomic E-state index is 12.6. The van der Waals surface area contributed by atoms with Gasteiger partial charge in [0, 0.05) is 5.02 Å². The Morgan fingerprint density at radius 1 is 1.21 bits per heavy atom.